The van der Waals surface area contributed by atoms with Crippen molar-refractivity contribution in [2.45, 2.75) is 58.2 Å². The Kier molecular flexibility index (Phi) is 7.49. The molecule has 3 atom stereocenters. The predicted octanol–water partition coefficient (Wildman–Crippen LogP) is 3.65. The van der Waals surface area contributed by atoms with Gasteiger partial charge in [-0.05, 0) is 39.5 Å². The summed E-state index contributed by atoms with van der Waals surface area (Å²) in [5, 5.41) is 0. The second kappa shape index (κ2) is 8.92. The Hall–Kier alpha value is -1.09. The van der Waals surface area contributed by atoms with E-state index in [9.17, 15) is 4.79 Å². The molecule has 0 aromatic heterocycles. The highest BCUT2D eigenvalue weighted by Crippen LogP contribution is 2.25. The first-order valence-electron chi connectivity index (χ1n) is 7.24. The maximum Gasteiger partial charge on any atom is 0.312 e. The van der Waals surface area contributed by atoms with E-state index in [0.29, 0.717) is 6.61 Å². The lowest BCUT2D eigenvalue weighted by molar-refractivity contribution is -0.163. The lowest BCUT2D eigenvalue weighted by atomic mass is 9.94. The monoisotopic (exact) mass is 266 g/mol. The molecular weight excluding hydrogens is 240 g/mol. The van der Waals surface area contributed by atoms with Gasteiger partial charge in [-0.2, -0.15) is 0 Å². The summed E-state index contributed by atoms with van der Waals surface area (Å²) in [7, 11) is 0. The van der Waals surface area contributed by atoms with Gasteiger partial charge in [0.25, 0.3) is 0 Å². The van der Waals surface area contributed by atoms with Crippen LogP contribution < -0.4 is 0 Å². The summed E-state index contributed by atoms with van der Waals surface area (Å²) in [6.07, 6.45) is 10.8. The van der Waals surface area contributed by atoms with Crippen molar-refractivity contribution in [2.24, 2.45) is 5.92 Å². The van der Waals surface area contributed by atoms with Crippen molar-refractivity contribution in [3.63, 3.8) is 0 Å². The third-order valence-corrected chi connectivity index (χ3v) is 3.49. The second-order valence-electron chi connectivity index (χ2n) is 5.05. The number of carbonyl (C=O) groups excluding carboxylic acids is 1. The van der Waals surface area contributed by atoms with Gasteiger partial charge in [-0.1, -0.05) is 24.6 Å². The molecule has 1 aliphatic carbocycles. The fourth-order valence-electron chi connectivity index (χ4n) is 2.20. The average Bonchev–Trinajstić information content (AvgIpc) is 2.44. The topological polar surface area (TPSA) is 35.5 Å². The van der Waals surface area contributed by atoms with Crippen molar-refractivity contribution >= 4 is 5.97 Å². The van der Waals surface area contributed by atoms with Gasteiger partial charge < -0.3 is 9.47 Å². The van der Waals surface area contributed by atoms with Crippen molar-refractivity contribution in [3.05, 3.63) is 24.8 Å². The van der Waals surface area contributed by atoms with Gasteiger partial charge >= 0.3 is 5.97 Å². The summed E-state index contributed by atoms with van der Waals surface area (Å²) in [4.78, 5) is 11.8. The zero-order valence-electron chi connectivity index (χ0n) is 12.1. The number of esters is 1. The molecule has 1 saturated carbocycles. The Balaban J connectivity index is 2.43. The average molecular weight is 266 g/mol. The highest BCUT2D eigenvalue weighted by atomic mass is 16.6. The molecule has 1 fully saturated rings. The van der Waals surface area contributed by atoms with E-state index in [1.807, 2.05) is 13.0 Å². The quantitative estimate of drug-likeness (QED) is 0.401. The second-order valence-corrected chi connectivity index (χ2v) is 5.05. The standard InChI is InChI=1S/C16H26O3/c1-4-6-9-12-18-14-10-7-8-11-15(14)19-16(17)13(3)5-2/h4-6,13-15H,2,7-12H2,1,3H3. The summed E-state index contributed by atoms with van der Waals surface area (Å²) in [6, 6.07) is 0. The van der Waals surface area contributed by atoms with Gasteiger partial charge in [-0.3, -0.25) is 4.79 Å². The number of hydrogen-bond donors (Lipinski definition) is 0. The van der Waals surface area contributed by atoms with Gasteiger partial charge in [0.15, 0.2) is 0 Å². The molecule has 1 aliphatic rings. The molecule has 0 aromatic rings. The summed E-state index contributed by atoms with van der Waals surface area (Å²) in [6.45, 7) is 8.13. The highest BCUT2D eigenvalue weighted by molar-refractivity contribution is 5.74. The fourth-order valence-corrected chi connectivity index (χ4v) is 2.20. The number of ether oxygens (including phenoxy) is 2. The molecule has 1 rings (SSSR count). The molecule has 19 heavy (non-hydrogen) atoms. The van der Waals surface area contributed by atoms with E-state index in [4.69, 9.17) is 9.47 Å². The molecule has 0 heterocycles. The number of allylic oxidation sites excluding steroid dienone is 1. The van der Waals surface area contributed by atoms with E-state index in [1.165, 1.54) is 0 Å². The molecule has 3 nitrogen and oxygen atoms in total. The van der Waals surface area contributed by atoms with E-state index in [2.05, 4.69) is 12.7 Å². The summed E-state index contributed by atoms with van der Waals surface area (Å²) >= 11 is 0. The van der Waals surface area contributed by atoms with E-state index in [1.54, 1.807) is 13.0 Å². The van der Waals surface area contributed by atoms with Gasteiger partial charge in [0.1, 0.15) is 6.10 Å². The normalized spacial score (nSPS) is 25.2. The van der Waals surface area contributed by atoms with Crippen molar-refractivity contribution in [1.29, 1.82) is 0 Å². The smallest absolute Gasteiger partial charge is 0.312 e. The Morgan fingerprint density at radius 2 is 2.05 bits per heavy atom. The summed E-state index contributed by atoms with van der Waals surface area (Å²) in [5.74, 6) is -0.436. The minimum Gasteiger partial charge on any atom is -0.459 e. The molecule has 0 spiro atoms. The number of hydrogen-bond acceptors (Lipinski definition) is 3. The third-order valence-electron chi connectivity index (χ3n) is 3.49. The van der Waals surface area contributed by atoms with Crippen LogP contribution in [-0.4, -0.2) is 24.8 Å². The van der Waals surface area contributed by atoms with Crippen LogP contribution in [0.15, 0.2) is 24.8 Å². The third kappa shape index (κ3) is 5.60. The molecular formula is C16H26O3. The van der Waals surface area contributed by atoms with Crippen molar-refractivity contribution in [3.8, 4) is 0 Å². The van der Waals surface area contributed by atoms with Gasteiger partial charge in [-0.15, -0.1) is 6.58 Å². The van der Waals surface area contributed by atoms with Crippen LogP contribution in [-0.2, 0) is 14.3 Å². The molecule has 0 aliphatic heterocycles. The first kappa shape index (κ1) is 16.0. The fraction of sp³-hybridized carbons (Fsp3) is 0.688. The minimum absolute atomic E-state index is 0.0555. The molecule has 0 saturated heterocycles. The molecule has 3 unspecified atom stereocenters. The molecule has 0 N–H and O–H groups in total. The molecule has 0 aromatic carbocycles. The molecule has 108 valence electrons. The van der Waals surface area contributed by atoms with Crippen LogP contribution >= 0.6 is 0 Å². The van der Waals surface area contributed by atoms with Crippen LogP contribution in [0.5, 0.6) is 0 Å². The predicted molar refractivity (Wildman–Crippen MR) is 76.9 cm³/mol. The molecule has 0 bridgehead atoms. The van der Waals surface area contributed by atoms with E-state index < -0.39 is 0 Å². The van der Waals surface area contributed by atoms with E-state index >= 15 is 0 Å². The first-order valence-corrected chi connectivity index (χ1v) is 7.24. The maximum atomic E-state index is 11.8. The number of carbonyl (C=O) groups is 1. The van der Waals surface area contributed by atoms with Crippen molar-refractivity contribution in [1.82, 2.24) is 0 Å². The Morgan fingerprint density at radius 1 is 1.37 bits per heavy atom. The van der Waals surface area contributed by atoms with Crippen LogP contribution in [0.3, 0.4) is 0 Å². The van der Waals surface area contributed by atoms with E-state index in [0.717, 1.165) is 32.1 Å². The molecule has 0 amide bonds. The largest absolute Gasteiger partial charge is 0.459 e. The maximum absolute atomic E-state index is 11.8. The van der Waals surface area contributed by atoms with Gasteiger partial charge in [0.05, 0.1) is 18.6 Å². The van der Waals surface area contributed by atoms with Gasteiger partial charge in [0, 0.05) is 0 Å². The van der Waals surface area contributed by atoms with Crippen molar-refractivity contribution in [2.75, 3.05) is 6.61 Å². The summed E-state index contributed by atoms with van der Waals surface area (Å²) in [5.41, 5.74) is 0. The van der Waals surface area contributed by atoms with Crippen molar-refractivity contribution < 1.29 is 14.3 Å². The molecule has 3 heteroatoms. The Labute approximate surface area is 116 Å². The lowest BCUT2D eigenvalue weighted by Crippen LogP contribution is -2.37. The van der Waals surface area contributed by atoms with Gasteiger partial charge in [-0.25, -0.2) is 0 Å². The first-order chi connectivity index (χ1) is 9.19. The van der Waals surface area contributed by atoms with Crippen LogP contribution in [0.2, 0.25) is 0 Å². The zero-order valence-corrected chi connectivity index (χ0v) is 12.1. The summed E-state index contributed by atoms with van der Waals surface area (Å²) < 4.78 is 11.4. The molecule has 0 radical (unpaired) electrons. The van der Waals surface area contributed by atoms with E-state index in [-0.39, 0.29) is 24.1 Å². The highest BCUT2D eigenvalue weighted by Gasteiger charge is 2.29. The van der Waals surface area contributed by atoms with Crippen LogP contribution in [0, 0.1) is 5.92 Å². The number of rotatable bonds is 7. The Bertz CT molecular complexity index is 309. The van der Waals surface area contributed by atoms with Crippen LogP contribution in [0.1, 0.15) is 46.0 Å². The van der Waals surface area contributed by atoms with Crippen LogP contribution in [0.4, 0.5) is 0 Å². The van der Waals surface area contributed by atoms with Gasteiger partial charge in [0.2, 0.25) is 0 Å². The Morgan fingerprint density at radius 3 is 2.68 bits per heavy atom. The zero-order chi connectivity index (χ0) is 14.1. The SMILES string of the molecule is C=CC(C)C(=O)OC1CCCCC1OCCC=CC. The van der Waals surface area contributed by atoms with Crippen LogP contribution in [0.25, 0.3) is 0 Å². The minimum atomic E-state index is -0.245. The lowest BCUT2D eigenvalue weighted by Gasteiger charge is -2.31.